The second kappa shape index (κ2) is 5.03. The summed E-state index contributed by atoms with van der Waals surface area (Å²) in [6.45, 7) is 5.73. The minimum atomic E-state index is 0.356. The lowest BCUT2D eigenvalue weighted by molar-refractivity contribution is 0.174. The van der Waals surface area contributed by atoms with Gasteiger partial charge in [-0.25, -0.2) is 0 Å². The van der Waals surface area contributed by atoms with Crippen molar-refractivity contribution in [1.29, 1.82) is 0 Å². The van der Waals surface area contributed by atoms with Crippen LogP contribution in [0.3, 0.4) is 0 Å². The van der Waals surface area contributed by atoms with Gasteiger partial charge < -0.3 is 9.47 Å². The molecule has 0 radical (unpaired) electrons. The molecule has 1 aliphatic carbocycles. The van der Waals surface area contributed by atoms with E-state index in [2.05, 4.69) is 32.0 Å². The molecule has 0 fully saturated rings. The average Bonchev–Trinajstić information content (AvgIpc) is 2.55. The maximum absolute atomic E-state index is 5.36. The molecule has 0 saturated carbocycles. The van der Waals surface area contributed by atoms with Gasteiger partial charge in [-0.2, -0.15) is 0 Å². The van der Waals surface area contributed by atoms with Crippen LogP contribution >= 0.6 is 0 Å². The van der Waals surface area contributed by atoms with Crippen molar-refractivity contribution in [1.82, 2.24) is 0 Å². The van der Waals surface area contributed by atoms with Crippen LogP contribution in [0.25, 0.3) is 5.57 Å². The Labute approximate surface area is 103 Å². The van der Waals surface area contributed by atoms with Crippen LogP contribution in [0.15, 0.2) is 23.8 Å². The number of fused-ring (bicyclic) bond motifs is 1. The van der Waals surface area contributed by atoms with Gasteiger partial charge in [0.05, 0.1) is 13.2 Å². The van der Waals surface area contributed by atoms with Gasteiger partial charge in [-0.05, 0) is 36.1 Å². The van der Waals surface area contributed by atoms with Crippen molar-refractivity contribution < 1.29 is 9.47 Å². The largest absolute Gasteiger partial charge is 0.384 e. The summed E-state index contributed by atoms with van der Waals surface area (Å²) in [6, 6.07) is 6.65. The van der Waals surface area contributed by atoms with Gasteiger partial charge in [0.2, 0.25) is 0 Å². The highest BCUT2D eigenvalue weighted by molar-refractivity contribution is 5.77. The zero-order valence-electron chi connectivity index (χ0n) is 11.0. The van der Waals surface area contributed by atoms with Gasteiger partial charge in [-0.1, -0.05) is 23.8 Å². The second-order valence-electron chi connectivity index (χ2n) is 4.68. The molecule has 1 aliphatic rings. The van der Waals surface area contributed by atoms with E-state index in [0.29, 0.717) is 12.5 Å². The molecule has 2 heteroatoms. The first-order chi connectivity index (χ1) is 8.19. The molecule has 0 amide bonds. The lowest BCUT2D eigenvalue weighted by Gasteiger charge is -2.15. The van der Waals surface area contributed by atoms with Crippen LogP contribution in [0, 0.1) is 6.92 Å². The fourth-order valence-corrected chi connectivity index (χ4v) is 2.66. The molecule has 1 unspecified atom stereocenters. The van der Waals surface area contributed by atoms with Gasteiger partial charge in [0, 0.05) is 20.1 Å². The molecule has 0 heterocycles. The Morgan fingerprint density at radius 1 is 1.12 bits per heavy atom. The first-order valence-corrected chi connectivity index (χ1v) is 5.97. The fraction of sp³-hybridized carbons (Fsp3) is 0.467. The summed E-state index contributed by atoms with van der Waals surface area (Å²) in [6.07, 6.45) is 0. The summed E-state index contributed by atoms with van der Waals surface area (Å²) in [7, 11) is 3.51. The van der Waals surface area contributed by atoms with E-state index in [1.807, 2.05) is 0 Å². The van der Waals surface area contributed by atoms with E-state index in [1.165, 1.54) is 27.8 Å². The molecule has 1 atom stereocenters. The molecule has 0 N–H and O–H groups in total. The molecule has 17 heavy (non-hydrogen) atoms. The summed E-state index contributed by atoms with van der Waals surface area (Å²) in [5, 5.41) is 0. The number of ether oxygens (including phenoxy) is 2. The standard InChI is InChI=1S/C15H20O2/c1-10-5-6-12-11(2)14(8-16-3)15(9-17-4)13(12)7-10/h5-7,15H,8-9H2,1-4H3. The molecule has 1 aromatic carbocycles. The normalized spacial score (nSPS) is 18.7. The van der Waals surface area contributed by atoms with Crippen molar-refractivity contribution in [2.24, 2.45) is 0 Å². The molecule has 92 valence electrons. The van der Waals surface area contributed by atoms with Gasteiger partial charge in [-0.3, -0.25) is 0 Å². The molecule has 2 rings (SSSR count). The van der Waals surface area contributed by atoms with E-state index in [9.17, 15) is 0 Å². The first-order valence-electron chi connectivity index (χ1n) is 5.97. The molecule has 0 aromatic heterocycles. The molecular formula is C15H20O2. The second-order valence-corrected chi connectivity index (χ2v) is 4.68. The van der Waals surface area contributed by atoms with Crippen molar-refractivity contribution in [3.63, 3.8) is 0 Å². The highest BCUT2D eigenvalue weighted by Gasteiger charge is 2.28. The number of rotatable bonds is 4. The maximum Gasteiger partial charge on any atom is 0.0685 e. The van der Waals surface area contributed by atoms with E-state index in [4.69, 9.17) is 9.47 Å². The van der Waals surface area contributed by atoms with Crippen LogP contribution in [-0.2, 0) is 9.47 Å². The monoisotopic (exact) mass is 232 g/mol. The van der Waals surface area contributed by atoms with Crippen molar-refractivity contribution in [2.45, 2.75) is 19.8 Å². The average molecular weight is 232 g/mol. The minimum Gasteiger partial charge on any atom is -0.384 e. The molecule has 0 aliphatic heterocycles. The molecule has 0 saturated heterocycles. The topological polar surface area (TPSA) is 18.5 Å². The van der Waals surface area contributed by atoms with Gasteiger partial charge in [0.1, 0.15) is 0 Å². The highest BCUT2D eigenvalue weighted by Crippen LogP contribution is 2.42. The van der Waals surface area contributed by atoms with Gasteiger partial charge in [-0.15, -0.1) is 0 Å². The van der Waals surface area contributed by atoms with E-state index in [0.717, 1.165) is 6.61 Å². The quantitative estimate of drug-likeness (QED) is 0.794. The predicted molar refractivity (Wildman–Crippen MR) is 70.3 cm³/mol. The van der Waals surface area contributed by atoms with Gasteiger partial charge >= 0.3 is 0 Å². The first kappa shape index (κ1) is 12.3. The van der Waals surface area contributed by atoms with Crippen LogP contribution < -0.4 is 0 Å². The zero-order chi connectivity index (χ0) is 12.4. The summed E-state index contributed by atoms with van der Waals surface area (Å²) < 4.78 is 10.7. The molecule has 1 aromatic rings. The lowest BCUT2D eigenvalue weighted by atomic mass is 9.95. The molecule has 2 nitrogen and oxygen atoms in total. The Bertz CT molecular complexity index is 446. The summed E-state index contributed by atoms with van der Waals surface area (Å²) in [5.74, 6) is 0.356. The van der Waals surface area contributed by atoms with Crippen LogP contribution in [0.4, 0.5) is 0 Å². The van der Waals surface area contributed by atoms with Crippen LogP contribution in [0.5, 0.6) is 0 Å². The van der Waals surface area contributed by atoms with Gasteiger partial charge in [0.15, 0.2) is 0 Å². The molecule has 0 spiro atoms. The van der Waals surface area contributed by atoms with E-state index in [1.54, 1.807) is 14.2 Å². The van der Waals surface area contributed by atoms with E-state index in [-0.39, 0.29) is 0 Å². The van der Waals surface area contributed by atoms with Crippen molar-refractivity contribution in [3.8, 4) is 0 Å². The SMILES string of the molecule is COCC1=C(C)c2ccc(C)cc2C1COC. The Kier molecular flexibility index (Phi) is 3.65. The summed E-state index contributed by atoms with van der Waals surface area (Å²) in [5.41, 5.74) is 6.75. The van der Waals surface area contributed by atoms with E-state index < -0.39 is 0 Å². The van der Waals surface area contributed by atoms with Crippen molar-refractivity contribution in [2.75, 3.05) is 27.4 Å². The predicted octanol–water partition coefficient (Wildman–Crippen LogP) is 3.16. The fourth-order valence-electron chi connectivity index (χ4n) is 2.66. The molecular weight excluding hydrogens is 212 g/mol. The third kappa shape index (κ3) is 2.15. The third-order valence-electron chi connectivity index (χ3n) is 3.52. The minimum absolute atomic E-state index is 0.356. The number of methoxy groups -OCH3 is 2. The smallest absolute Gasteiger partial charge is 0.0685 e. The number of benzene rings is 1. The maximum atomic E-state index is 5.36. The van der Waals surface area contributed by atoms with Crippen LogP contribution in [-0.4, -0.2) is 27.4 Å². The van der Waals surface area contributed by atoms with Crippen LogP contribution in [0.2, 0.25) is 0 Å². The number of aryl methyl sites for hydroxylation is 1. The van der Waals surface area contributed by atoms with E-state index >= 15 is 0 Å². The summed E-state index contributed by atoms with van der Waals surface area (Å²) in [4.78, 5) is 0. The summed E-state index contributed by atoms with van der Waals surface area (Å²) >= 11 is 0. The van der Waals surface area contributed by atoms with Crippen molar-refractivity contribution >= 4 is 5.57 Å². The molecule has 0 bridgehead atoms. The lowest BCUT2D eigenvalue weighted by Crippen LogP contribution is -2.10. The Morgan fingerprint density at radius 2 is 1.88 bits per heavy atom. The number of hydrogen-bond donors (Lipinski definition) is 0. The number of hydrogen-bond acceptors (Lipinski definition) is 2. The van der Waals surface area contributed by atoms with Crippen LogP contribution in [0.1, 0.15) is 29.5 Å². The van der Waals surface area contributed by atoms with Gasteiger partial charge in [0.25, 0.3) is 0 Å². The Hall–Kier alpha value is -1.12. The Morgan fingerprint density at radius 3 is 2.53 bits per heavy atom. The zero-order valence-corrected chi connectivity index (χ0v) is 11.0. The Balaban J connectivity index is 2.45. The number of allylic oxidation sites excluding steroid dienone is 1. The highest BCUT2D eigenvalue weighted by atomic mass is 16.5. The van der Waals surface area contributed by atoms with Crippen molar-refractivity contribution in [3.05, 3.63) is 40.5 Å². The third-order valence-corrected chi connectivity index (χ3v) is 3.52.